The molecular formula is C36H63NO3. The van der Waals surface area contributed by atoms with Crippen molar-refractivity contribution in [3.63, 3.8) is 0 Å². The number of hydrogen-bond donors (Lipinski definition) is 0. The number of unbranched alkanes of at least 4 members (excludes halogenated alkanes) is 14. The van der Waals surface area contributed by atoms with E-state index in [0.29, 0.717) is 6.42 Å². The fraction of sp³-hybridized carbons (Fsp3) is 0.806. The lowest BCUT2D eigenvalue weighted by molar-refractivity contribution is -0.314. The van der Waals surface area contributed by atoms with E-state index in [2.05, 4.69) is 77.8 Å². The first kappa shape index (κ1) is 34.8. The summed E-state index contributed by atoms with van der Waals surface area (Å²) >= 11 is 0. The Labute approximate surface area is 247 Å². The molecule has 0 radical (unpaired) electrons. The van der Waals surface area contributed by atoms with E-state index in [4.69, 9.17) is 9.57 Å². The highest BCUT2D eigenvalue weighted by Gasteiger charge is 2.48. The molecule has 1 aliphatic rings. The van der Waals surface area contributed by atoms with Crippen molar-refractivity contribution in [1.29, 1.82) is 0 Å². The lowest BCUT2D eigenvalue weighted by Crippen LogP contribution is -2.62. The molecule has 1 heterocycles. The summed E-state index contributed by atoms with van der Waals surface area (Å²) in [6, 6.07) is 8.56. The van der Waals surface area contributed by atoms with E-state index >= 15 is 0 Å². The highest BCUT2D eigenvalue weighted by Crippen LogP contribution is 2.41. The first-order valence-corrected chi connectivity index (χ1v) is 16.8. The van der Waals surface area contributed by atoms with Gasteiger partial charge in [-0.05, 0) is 53.5 Å². The summed E-state index contributed by atoms with van der Waals surface area (Å²) in [4.78, 5) is 19.2. The summed E-state index contributed by atoms with van der Waals surface area (Å²) < 4.78 is 6.01. The Morgan fingerprint density at radius 1 is 0.775 bits per heavy atom. The maximum atomic E-state index is 12.7. The van der Waals surface area contributed by atoms with E-state index in [9.17, 15) is 4.79 Å². The average Bonchev–Trinajstić information content (AvgIpc) is 2.88. The summed E-state index contributed by atoms with van der Waals surface area (Å²) in [5, 5.41) is 2.16. The second-order valence-electron chi connectivity index (χ2n) is 13.8. The van der Waals surface area contributed by atoms with E-state index in [0.717, 1.165) is 25.7 Å². The first-order valence-electron chi connectivity index (χ1n) is 16.8. The van der Waals surface area contributed by atoms with Gasteiger partial charge in [0.05, 0.1) is 0 Å². The minimum absolute atomic E-state index is 0.0336. The highest BCUT2D eigenvalue weighted by atomic mass is 16.7. The number of hydroxylamine groups is 2. The van der Waals surface area contributed by atoms with Crippen molar-refractivity contribution >= 4 is 5.97 Å². The van der Waals surface area contributed by atoms with Gasteiger partial charge in [0.25, 0.3) is 0 Å². The van der Waals surface area contributed by atoms with Gasteiger partial charge in [-0.25, -0.2) is 0 Å². The molecule has 1 aliphatic heterocycles. The topological polar surface area (TPSA) is 38.8 Å². The molecule has 0 amide bonds. The summed E-state index contributed by atoms with van der Waals surface area (Å²) in [6.07, 6.45) is 22.0. The van der Waals surface area contributed by atoms with Crippen LogP contribution in [0.5, 0.6) is 0 Å². The summed E-state index contributed by atoms with van der Waals surface area (Å²) in [6.45, 7) is 15.3. The predicted molar refractivity (Wildman–Crippen MR) is 169 cm³/mol. The normalized spacial score (nSPS) is 18.1. The highest BCUT2D eigenvalue weighted by molar-refractivity contribution is 5.69. The van der Waals surface area contributed by atoms with Gasteiger partial charge >= 0.3 is 5.97 Å². The largest absolute Gasteiger partial charge is 0.462 e. The third kappa shape index (κ3) is 13.1. The molecule has 2 rings (SSSR count). The molecule has 4 nitrogen and oxygen atoms in total. The zero-order valence-electron chi connectivity index (χ0n) is 27.4. The van der Waals surface area contributed by atoms with Crippen LogP contribution in [-0.4, -0.2) is 28.2 Å². The van der Waals surface area contributed by atoms with Crippen molar-refractivity contribution < 1.29 is 14.4 Å². The van der Waals surface area contributed by atoms with Gasteiger partial charge in [-0.2, -0.15) is 5.06 Å². The number of benzene rings is 1. The minimum atomic E-state index is -0.236. The maximum Gasteiger partial charge on any atom is 0.306 e. The maximum absolute atomic E-state index is 12.7. The molecule has 1 saturated heterocycles. The molecule has 4 heteroatoms. The number of aryl methyl sites for hydroxylation is 1. The number of ether oxygens (including phenoxy) is 1. The molecule has 1 aromatic rings. The van der Waals surface area contributed by atoms with E-state index in [1.807, 2.05) is 0 Å². The monoisotopic (exact) mass is 557 g/mol. The van der Waals surface area contributed by atoms with Crippen LogP contribution in [0.3, 0.4) is 0 Å². The molecule has 40 heavy (non-hydrogen) atoms. The van der Waals surface area contributed by atoms with Crippen LogP contribution in [0.4, 0.5) is 0 Å². The van der Waals surface area contributed by atoms with Crippen molar-refractivity contribution in [1.82, 2.24) is 5.06 Å². The first-order chi connectivity index (χ1) is 19.0. The molecule has 0 saturated carbocycles. The standard InChI is InChI=1S/C36H63NO3/c1-8-9-10-11-12-13-14-15-16-17-18-19-20-21-22-23-34(38)39-33-28-35(4,5)37(36(6,7)29-33)40-31(3)32-26-24-30(2)25-27-32/h24-27,31,33H,8-23,28-29H2,1-7H3. The van der Waals surface area contributed by atoms with Crippen LogP contribution in [-0.2, 0) is 14.4 Å². The molecule has 0 aromatic heterocycles. The van der Waals surface area contributed by atoms with Crippen LogP contribution in [0, 0.1) is 6.92 Å². The molecule has 1 fully saturated rings. The van der Waals surface area contributed by atoms with Crippen LogP contribution in [0.2, 0.25) is 0 Å². The fourth-order valence-electron chi connectivity index (χ4n) is 6.48. The van der Waals surface area contributed by atoms with Gasteiger partial charge < -0.3 is 4.74 Å². The minimum Gasteiger partial charge on any atom is -0.462 e. The van der Waals surface area contributed by atoms with E-state index < -0.39 is 0 Å². The Hall–Kier alpha value is -1.39. The average molecular weight is 558 g/mol. The molecule has 1 unspecified atom stereocenters. The Balaban J connectivity index is 1.58. The number of nitrogens with zero attached hydrogens (tertiary/aromatic N) is 1. The van der Waals surface area contributed by atoms with Crippen molar-refractivity contribution in [2.24, 2.45) is 0 Å². The van der Waals surface area contributed by atoms with Gasteiger partial charge in [-0.3, -0.25) is 9.63 Å². The molecule has 230 valence electrons. The van der Waals surface area contributed by atoms with Gasteiger partial charge in [-0.1, -0.05) is 127 Å². The summed E-state index contributed by atoms with van der Waals surface area (Å²) in [5.74, 6) is -0.0336. The number of hydrogen-bond acceptors (Lipinski definition) is 4. The van der Waals surface area contributed by atoms with Crippen molar-refractivity contribution in [3.05, 3.63) is 35.4 Å². The Kier molecular flexibility index (Phi) is 15.8. The van der Waals surface area contributed by atoms with Crippen molar-refractivity contribution in [2.75, 3.05) is 0 Å². The predicted octanol–water partition coefficient (Wildman–Crippen LogP) is 10.8. The van der Waals surface area contributed by atoms with Crippen LogP contribution in [0.1, 0.15) is 174 Å². The lowest BCUT2D eigenvalue weighted by Gasteiger charge is -2.54. The number of esters is 1. The molecule has 0 spiro atoms. The summed E-state index contributed by atoms with van der Waals surface area (Å²) in [7, 11) is 0. The molecule has 1 atom stereocenters. The molecular weight excluding hydrogens is 494 g/mol. The van der Waals surface area contributed by atoms with E-state index in [-0.39, 0.29) is 29.3 Å². The van der Waals surface area contributed by atoms with Crippen LogP contribution >= 0.6 is 0 Å². The van der Waals surface area contributed by atoms with Gasteiger partial charge in [0, 0.05) is 30.3 Å². The van der Waals surface area contributed by atoms with E-state index in [1.54, 1.807) is 0 Å². The smallest absolute Gasteiger partial charge is 0.306 e. The van der Waals surface area contributed by atoms with Crippen molar-refractivity contribution in [3.8, 4) is 0 Å². The SMILES string of the molecule is CCCCCCCCCCCCCCCCCC(=O)OC1CC(C)(C)N(OC(C)c2ccc(C)cc2)C(C)(C)C1. The Morgan fingerprint density at radius 2 is 1.20 bits per heavy atom. The number of rotatable bonds is 20. The Morgan fingerprint density at radius 3 is 1.65 bits per heavy atom. The van der Waals surface area contributed by atoms with Crippen LogP contribution in [0.15, 0.2) is 24.3 Å². The zero-order chi connectivity index (χ0) is 29.4. The molecule has 0 N–H and O–H groups in total. The van der Waals surface area contributed by atoms with Gasteiger partial charge in [-0.15, -0.1) is 0 Å². The third-order valence-corrected chi connectivity index (χ3v) is 8.65. The second-order valence-corrected chi connectivity index (χ2v) is 13.8. The van der Waals surface area contributed by atoms with Gasteiger partial charge in [0.15, 0.2) is 0 Å². The second kappa shape index (κ2) is 18.2. The number of carbonyl (C=O) groups excluding carboxylic acids is 1. The molecule has 1 aromatic carbocycles. The summed E-state index contributed by atoms with van der Waals surface area (Å²) in [5.41, 5.74) is 1.96. The van der Waals surface area contributed by atoms with Gasteiger partial charge in [0.1, 0.15) is 12.2 Å². The van der Waals surface area contributed by atoms with E-state index in [1.165, 1.54) is 94.6 Å². The Bertz CT molecular complexity index is 798. The van der Waals surface area contributed by atoms with Gasteiger partial charge in [0.2, 0.25) is 0 Å². The third-order valence-electron chi connectivity index (χ3n) is 8.65. The zero-order valence-corrected chi connectivity index (χ0v) is 27.4. The van der Waals surface area contributed by atoms with Crippen molar-refractivity contribution in [2.45, 2.75) is 187 Å². The lowest BCUT2D eigenvalue weighted by atomic mass is 9.80. The molecule has 0 bridgehead atoms. The number of carbonyl (C=O) groups is 1. The van der Waals surface area contributed by atoms with Crippen LogP contribution < -0.4 is 0 Å². The fourth-order valence-corrected chi connectivity index (χ4v) is 6.48. The number of piperidine rings is 1. The van der Waals surface area contributed by atoms with Crippen LogP contribution in [0.25, 0.3) is 0 Å². The molecule has 0 aliphatic carbocycles. The quantitative estimate of drug-likeness (QED) is 0.118.